The third-order valence-electron chi connectivity index (χ3n) is 5.18. The molecule has 1 aromatic carbocycles. The van der Waals surface area contributed by atoms with E-state index >= 15 is 0 Å². The fraction of sp³-hybridized carbons (Fsp3) is 0.579. The molecule has 2 amide bonds. The summed E-state index contributed by atoms with van der Waals surface area (Å²) >= 11 is 4.47. The fourth-order valence-electron chi connectivity index (χ4n) is 3.91. The minimum atomic E-state index is -0.584. The first-order chi connectivity index (χ1) is 13.7. The molecule has 2 aliphatic rings. The zero-order valence-corrected chi connectivity index (χ0v) is 17.4. The molecule has 4 atom stereocenters. The Morgan fingerprint density at radius 3 is 2.41 bits per heavy atom. The van der Waals surface area contributed by atoms with Crippen molar-refractivity contribution in [2.75, 3.05) is 19.6 Å². The molecule has 1 N–H and O–H groups in total. The number of likely N-dealkylation sites (tertiary alicyclic amines) is 1. The molecule has 3 rings (SSSR count). The van der Waals surface area contributed by atoms with Crippen LogP contribution in [-0.4, -0.2) is 69.7 Å². The largest absolute Gasteiger partial charge is 0.445 e. The number of piperazine rings is 1. The molecule has 0 spiro atoms. The molecule has 2 heterocycles. The van der Waals surface area contributed by atoms with Crippen molar-refractivity contribution < 1.29 is 19.2 Å². The van der Waals surface area contributed by atoms with E-state index in [2.05, 4.69) is 17.9 Å². The molecular weight excluding hydrogens is 396 g/mol. The molecular formula is C19H26N4O5S. The summed E-state index contributed by atoms with van der Waals surface area (Å²) in [5, 5.41) is 14.0. The van der Waals surface area contributed by atoms with Gasteiger partial charge in [0.15, 0.2) is 0 Å². The van der Waals surface area contributed by atoms with Gasteiger partial charge in [0, 0.05) is 49.1 Å². The quantitative estimate of drug-likeness (QED) is 0.436. The summed E-state index contributed by atoms with van der Waals surface area (Å²) in [5.74, 6) is -0.0750. The second kappa shape index (κ2) is 9.00. The Kier molecular flexibility index (Phi) is 6.63. The summed E-state index contributed by atoms with van der Waals surface area (Å²) in [7, 11) is 0. The third kappa shape index (κ3) is 5.18. The molecule has 10 heteroatoms. The topological polar surface area (TPSA) is 105 Å². The predicted molar refractivity (Wildman–Crippen MR) is 110 cm³/mol. The average molecular weight is 423 g/mol. The number of carbonyl (C=O) groups excluding carboxylic acids is 2. The Balaban J connectivity index is 1.62. The first kappa shape index (κ1) is 21.4. The van der Waals surface area contributed by atoms with Gasteiger partial charge in [0.1, 0.15) is 12.6 Å². The van der Waals surface area contributed by atoms with Crippen LogP contribution in [0.2, 0.25) is 0 Å². The molecule has 0 aliphatic carbocycles. The van der Waals surface area contributed by atoms with Gasteiger partial charge in [-0.1, -0.05) is 0 Å². The number of hydrogen-bond donors (Lipinski definition) is 2. The van der Waals surface area contributed by atoms with E-state index in [4.69, 9.17) is 4.74 Å². The van der Waals surface area contributed by atoms with Crippen molar-refractivity contribution in [1.82, 2.24) is 15.1 Å². The lowest BCUT2D eigenvalue weighted by molar-refractivity contribution is -0.384. The van der Waals surface area contributed by atoms with Gasteiger partial charge in [0.2, 0.25) is 5.91 Å². The minimum Gasteiger partial charge on any atom is -0.445 e. The zero-order chi connectivity index (χ0) is 21.1. The first-order valence-electron chi connectivity index (χ1n) is 9.64. The molecule has 0 saturated carbocycles. The maximum absolute atomic E-state index is 13.1. The van der Waals surface area contributed by atoms with Gasteiger partial charge in [-0.05, 0) is 38.0 Å². The van der Waals surface area contributed by atoms with Crippen molar-refractivity contribution in [2.24, 2.45) is 0 Å². The summed E-state index contributed by atoms with van der Waals surface area (Å²) in [5.41, 5.74) is 0.612. The number of nitro groups is 1. The van der Waals surface area contributed by atoms with Crippen LogP contribution >= 0.6 is 12.6 Å². The molecule has 158 valence electrons. The number of hydrogen-bond acceptors (Lipinski definition) is 7. The molecule has 2 unspecified atom stereocenters. The highest BCUT2D eigenvalue weighted by Gasteiger charge is 2.42. The molecule has 2 saturated heterocycles. The normalized spacial score (nSPS) is 27.0. The maximum atomic E-state index is 13.1. The predicted octanol–water partition coefficient (Wildman–Crippen LogP) is 1.81. The van der Waals surface area contributed by atoms with E-state index in [-0.39, 0.29) is 35.5 Å². The molecule has 2 fully saturated rings. The standard InChI is InChI=1S/C19H26N4O5S/c1-12-8-21(9-13(2)20-12)18(24)17-7-16(29)10-22(17)19(25)28-11-14-3-5-15(6-4-14)23(26)27/h3-6,12-13,16-17,20,29H,7-11H2,1-2H3/t12?,13?,16-,17-/m0/s1. The van der Waals surface area contributed by atoms with Crippen LogP contribution in [-0.2, 0) is 16.1 Å². The lowest BCUT2D eigenvalue weighted by Gasteiger charge is -2.38. The van der Waals surface area contributed by atoms with Gasteiger partial charge in [-0.3, -0.25) is 19.8 Å². The van der Waals surface area contributed by atoms with Crippen molar-refractivity contribution in [3.63, 3.8) is 0 Å². The van der Waals surface area contributed by atoms with Crippen molar-refractivity contribution in [3.05, 3.63) is 39.9 Å². The van der Waals surface area contributed by atoms with E-state index in [0.29, 0.717) is 31.6 Å². The number of non-ortho nitro benzene ring substituents is 1. The summed E-state index contributed by atoms with van der Waals surface area (Å²) in [6.45, 7) is 5.58. The highest BCUT2D eigenvalue weighted by molar-refractivity contribution is 7.81. The number of ether oxygens (including phenoxy) is 1. The van der Waals surface area contributed by atoms with Crippen molar-refractivity contribution in [1.29, 1.82) is 0 Å². The Morgan fingerprint density at radius 1 is 1.21 bits per heavy atom. The lowest BCUT2D eigenvalue weighted by Crippen LogP contribution is -2.59. The summed E-state index contributed by atoms with van der Waals surface area (Å²) in [6, 6.07) is 5.62. The summed E-state index contributed by atoms with van der Waals surface area (Å²) in [6.07, 6.45) is -0.0872. The molecule has 0 aromatic heterocycles. The number of rotatable bonds is 4. The first-order valence-corrected chi connectivity index (χ1v) is 10.2. The number of benzene rings is 1. The van der Waals surface area contributed by atoms with Gasteiger partial charge in [-0.25, -0.2) is 4.79 Å². The van der Waals surface area contributed by atoms with E-state index in [9.17, 15) is 19.7 Å². The van der Waals surface area contributed by atoms with Gasteiger partial charge in [0.25, 0.3) is 5.69 Å². The molecule has 0 radical (unpaired) electrons. The average Bonchev–Trinajstić information content (AvgIpc) is 3.06. The highest BCUT2D eigenvalue weighted by atomic mass is 32.1. The molecule has 9 nitrogen and oxygen atoms in total. The van der Waals surface area contributed by atoms with Crippen molar-refractivity contribution in [2.45, 2.75) is 50.3 Å². The van der Waals surface area contributed by atoms with Crippen LogP contribution in [0.25, 0.3) is 0 Å². The zero-order valence-electron chi connectivity index (χ0n) is 16.5. The van der Waals surface area contributed by atoms with Crippen molar-refractivity contribution in [3.8, 4) is 0 Å². The van der Waals surface area contributed by atoms with Crippen LogP contribution in [0.3, 0.4) is 0 Å². The van der Waals surface area contributed by atoms with Crippen molar-refractivity contribution >= 4 is 30.3 Å². The Morgan fingerprint density at radius 2 is 1.83 bits per heavy atom. The smallest absolute Gasteiger partial charge is 0.410 e. The highest BCUT2D eigenvalue weighted by Crippen LogP contribution is 2.25. The van der Waals surface area contributed by atoms with Gasteiger partial charge in [0.05, 0.1) is 4.92 Å². The number of amides is 2. The van der Waals surface area contributed by atoms with Gasteiger partial charge < -0.3 is 15.0 Å². The lowest BCUT2D eigenvalue weighted by atomic mass is 10.1. The van der Waals surface area contributed by atoms with E-state index in [0.717, 1.165) is 0 Å². The number of nitro benzene ring substituents is 1. The number of nitrogens with zero attached hydrogens (tertiary/aromatic N) is 3. The Bertz CT molecular complexity index is 764. The van der Waals surface area contributed by atoms with E-state index in [1.807, 2.05) is 13.8 Å². The van der Waals surface area contributed by atoms with Crippen LogP contribution in [0.4, 0.5) is 10.5 Å². The minimum absolute atomic E-state index is 0.0207. The van der Waals surface area contributed by atoms with Gasteiger partial charge in [-0.2, -0.15) is 12.6 Å². The SMILES string of the molecule is CC1CN(C(=O)[C@@H]2C[C@H](S)CN2C(=O)OCc2ccc([N+](=O)[O-])cc2)CC(C)N1. The Labute approximate surface area is 174 Å². The number of nitrogens with one attached hydrogen (secondary N) is 1. The number of carbonyl (C=O) groups is 2. The maximum Gasteiger partial charge on any atom is 0.410 e. The molecule has 2 aliphatic heterocycles. The second-order valence-corrected chi connectivity index (χ2v) is 8.48. The van der Waals surface area contributed by atoms with E-state index < -0.39 is 17.1 Å². The van der Waals surface area contributed by atoms with Crippen LogP contribution in [0, 0.1) is 10.1 Å². The summed E-state index contributed by atoms with van der Waals surface area (Å²) in [4.78, 5) is 39.2. The second-order valence-electron chi connectivity index (χ2n) is 7.75. The third-order valence-corrected chi connectivity index (χ3v) is 5.55. The van der Waals surface area contributed by atoms with Crippen LogP contribution < -0.4 is 5.32 Å². The van der Waals surface area contributed by atoms with Crippen LogP contribution in [0.1, 0.15) is 25.8 Å². The number of thiol groups is 1. The summed E-state index contributed by atoms with van der Waals surface area (Å²) < 4.78 is 5.37. The van der Waals surface area contributed by atoms with Gasteiger partial charge >= 0.3 is 6.09 Å². The molecule has 0 bridgehead atoms. The van der Waals surface area contributed by atoms with E-state index in [1.54, 1.807) is 17.0 Å². The van der Waals surface area contributed by atoms with Crippen LogP contribution in [0.5, 0.6) is 0 Å². The fourth-order valence-corrected chi connectivity index (χ4v) is 4.28. The van der Waals surface area contributed by atoms with Crippen LogP contribution in [0.15, 0.2) is 24.3 Å². The molecule has 29 heavy (non-hydrogen) atoms. The Hall–Kier alpha value is -2.33. The molecule has 1 aromatic rings. The monoisotopic (exact) mass is 422 g/mol. The van der Waals surface area contributed by atoms with Gasteiger partial charge in [-0.15, -0.1) is 0 Å². The van der Waals surface area contributed by atoms with E-state index in [1.165, 1.54) is 17.0 Å².